The first-order chi connectivity index (χ1) is 12.5. The average molecular weight is 527 g/mol. The average Bonchev–Trinajstić information content (AvgIpc) is 2.71. The van der Waals surface area contributed by atoms with E-state index in [0.29, 0.717) is 20.8 Å². The van der Waals surface area contributed by atoms with Gasteiger partial charge in [0.15, 0.2) is 11.0 Å². The van der Waals surface area contributed by atoms with E-state index in [1.54, 1.807) is 0 Å². The minimum absolute atomic E-state index is 0.0592. The van der Waals surface area contributed by atoms with E-state index >= 15 is 0 Å². The number of rotatable bonds is 3. The predicted molar refractivity (Wildman–Crippen MR) is 117 cm³/mol. The van der Waals surface area contributed by atoms with Gasteiger partial charge in [0, 0.05) is 19.6 Å². The molecule has 9 heteroatoms. The minimum Gasteiger partial charge on any atom is -0.347 e. The molecule has 26 heavy (non-hydrogen) atoms. The van der Waals surface area contributed by atoms with Crippen LogP contribution in [0.4, 0.5) is 10.2 Å². The lowest BCUT2D eigenvalue weighted by Crippen LogP contribution is -2.50. The molecule has 1 aromatic carbocycles. The molecule has 1 N–H and O–H groups in total. The lowest BCUT2D eigenvalue weighted by Gasteiger charge is -2.36. The number of aromatic nitrogens is 2. The summed E-state index contributed by atoms with van der Waals surface area (Å²) >= 11 is 14.3. The van der Waals surface area contributed by atoms with Crippen LogP contribution in [-0.4, -0.2) is 41.9 Å². The lowest BCUT2D eigenvalue weighted by atomic mass is 10.1. The van der Waals surface area contributed by atoms with Crippen molar-refractivity contribution in [2.45, 2.75) is 25.0 Å². The van der Waals surface area contributed by atoms with Crippen molar-refractivity contribution in [2.75, 3.05) is 30.8 Å². The number of benzene rings is 1. The fourth-order valence-electron chi connectivity index (χ4n) is 2.69. The van der Waals surface area contributed by atoms with Gasteiger partial charge in [-0.2, -0.15) is 0 Å². The Morgan fingerprint density at radius 3 is 2.65 bits per heavy atom. The zero-order valence-electron chi connectivity index (χ0n) is 14.7. The van der Waals surface area contributed by atoms with Gasteiger partial charge >= 0.3 is 0 Å². The summed E-state index contributed by atoms with van der Waals surface area (Å²) in [5, 5.41) is 4.69. The topological polar surface area (TPSA) is 41.0 Å². The fourth-order valence-corrected chi connectivity index (χ4v) is 4.45. The minimum atomic E-state index is -0.484. The second-order valence-corrected chi connectivity index (χ2v) is 7.95. The zero-order chi connectivity index (χ0) is 19.4. The smallest absolute Gasteiger partial charge is 0.189 e. The number of nitrogens with one attached hydrogen (secondary N) is 1. The van der Waals surface area contributed by atoms with E-state index in [-0.39, 0.29) is 21.1 Å². The second kappa shape index (κ2) is 9.68. The number of anilines is 1. The van der Waals surface area contributed by atoms with Crippen LogP contribution in [0.1, 0.15) is 13.8 Å². The van der Waals surface area contributed by atoms with Crippen LogP contribution in [0.3, 0.4) is 0 Å². The number of halogens is 4. The molecule has 0 radical (unpaired) electrons. The number of piperazine rings is 1. The second-order valence-electron chi connectivity index (χ2n) is 5.21. The van der Waals surface area contributed by atoms with Gasteiger partial charge < -0.3 is 10.2 Å². The standard InChI is InChI=1S/C15H14Br2ClFN4S.C2H6/c1-3-7-6-20-4-5-23(7)14-8-9(16)11(18)10(17)12(19)13(8)21-15(22-14)24-2;1-2/h3,7,20H,1,4-6H2,2H3;1-2H3. The monoisotopic (exact) mass is 524 g/mol. The highest BCUT2D eigenvalue weighted by molar-refractivity contribution is 9.11. The molecule has 0 amide bonds. The predicted octanol–water partition coefficient (Wildman–Crippen LogP) is 5.66. The molecular formula is C17H20Br2ClFN4S. The van der Waals surface area contributed by atoms with E-state index in [1.807, 2.05) is 26.2 Å². The van der Waals surface area contributed by atoms with Gasteiger partial charge in [0.1, 0.15) is 11.3 Å². The van der Waals surface area contributed by atoms with Crippen LogP contribution in [0, 0.1) is 5.82 Å². The Hall–Kier alpha value is -0.410. The highest BCUT2D eigenvalue weighted by Crippen LogP contribution is 2.43. The quantitative estimate of drug-likeness (QED) is 0.184. The molecule has 1 aromatic heterocycles. The maximum atomic E-state index is 14.8. The van der Waals surface area contributed by atoms with E-state index < -0.39 is 5.82 Å². The summed E-state index contributed by atoms with van der Waals surface area (Å²) in [5.41, 5.74) is 0.244. The van der Waals surface area contributed by atoms with Crippen molar-refractivity contribution >= 4 is 71.9 Å². The Bertz CT molecular complexity index is 821. The Morgan fingerprint density at radius 1 is 1.35 bits per heavy atom. The van der Waals surface area contributed by atoms with E-state index in [2.05, 4.69) is 58.6 Å². The van der Waals surface area contributed by atoms with Gasteiger partial charge in [0.2, 0.25) is 0 Å². The molecule has 0 aliphatic carbocycles. The van der Waals surface area contributed by atoms with Crippen LogP contribution in [0.2, 0.25) is 5.02 Å². The Kier molecular flexibility index (Phi) is 8.15. The first-order valence-electron chi connectivity index (χ1n) is 8.17. The van der Waals surface area contributed by atoms with Crippen molar-refractivity contribution in [3.63, 3.8) is 0 Å². The molecule has 1 aliphatic heterocycles. The third kappa shape index (κ3) is 4.04. The third-order valence-corrected chi connectivity index (χ3v) is 6.80. The van der Waals surface area contributed by atoms with E-state index in [1.165, 1.54) is 11.8 Å². The summed E-state index contributed by atoms with van der Waals surface area (Å²) in [6, 6.07) is 0.0592. The van der Waals surface area contributed by atoms with E-state index in [9.17, 15) is 4.39 Å². The summed E-state index contributed by atoms with van der Waals surface area (Å²) < 4.78 is 15.6. The normalized spacial score (nSPS) is 17.0. The molecule has 2 aromatic rings. The number of thioether (sulfide) groups is 1. The van der Waals surface area contributed by atoms with E-state index in [0.717, 1.165) is 19.6 Å². The molecule has 1 aliphatic rings. The van der Waals surface area contributed by atoms with Gasteiger partial charge in [-0.3, -0.25) is 0 Å². The zero-order valence-corrected chi connectivity index (χ0v) is 19.5. The number of hydrogen-bond acceptors (Lipinski definition) is 5. The highest BCUT2D eigenvalue weighted by atomic mass is 79.9. The molecule has 0 saturated carbocycles. The summed E-state index contributed by atoms with van der Waals surface area (Å²) in [6.45, 7) is 10.2. The molecule has 0 spiro atoms. The van der Waals surface area contributed by atoms with Crippen molar-refractivity contribution in [1.29, 1.82) is 0 Å². The van der Waals surface area contributed by atoms with Crippen LogP contribution < -0.4 is 10.2 Å². The van der Waals surface area contributed by atoms with Gasteiger partial charge in [0.05, 0.1) is 25.4 Å². The maximum absolute atomic E-state index is 14.8. The molecule has 4 nitrogen and oxygen atoms in total. The molecule has 0 bridgehead atoms. The van der Waals surface area contributed by atoms with Crippen molar-refractivity contribution < 1.29 is 4.39 Å². The van der Waals surface area contributed by atoms with Gasteiger partial charge in [-0.1, -0.05) is 43.3 Å². The van der Waals surface area contributed by atoms with Crippen molar-refractivity contribution in [3.05, 3.63) is 32.4 Å². The van der Waals surface area contributed by atoms with Crippen LogP contribution >= 0.6 is 55.2 Å². The molecule has 3 rings (SSSR count). The van der Waals surface area contributed by atoms with Crippen molar-refractivity contribution in [1.82, 2.24) is 15.3 Å². The van der Waals surface area contributed by atoms with E-state index in [4.69, 9.17) is 11.6 Å². The molecule has 1 fully saturated rings. The van der Waals surface area contributed by atoms with Gasteiger partial charge in [-0.05, 0) is 38.1 Å². The largest absolute Gasteiger partial charge is 0.347 e. The molecule has 142 valence electrons. The van der Waals surface area contributed by atoms with Crippen LogP contribution in [-0.2, 0) is 0 Å². The Morgan fingerprint density at radius 2 is 2.04 bits per heavy atom. The van der Waals surface area contributed by atoms with Gasteiger partial charge in [-0.25, -0.2) is 14.4 Å². The molecule has 1 unspecified atom stereocenters. The van der Waals surface area contributed by atoms with Gasteiger partial charge in [0.25, 0.3) is 0 Å². The van der Waals surface area contributed by atoms with Crippen LogP contribution in [0.25, 0.3) is 10.9 Å². The molecule has 1 atom stereocenters. The Labute approximate surface area is 179 Å². The number of nitrogens with zero attached hydrogens (tertiary/aromatic N) is 3. The molecular weight excluding hydrogens is 507 g/mol. The number of hydrogen-bond donors (Lipinski definition) is 1. The summed E-state index contributed by atoms with van der Waals surface area (Å²) in [5.74, 6) is 0.179. The maximum Gasteiger partial charge on any atom is 0.189 e. The first-order valence-corrected chi connectivity index (χ1v) is 11.4. The van der Waals surface area contributed by atoms with Crippen molar-refractivity contribution in [2.24, 2.45) is 0 Å². The Balaban J connectivity index is 0.00000117. The summed E-state index contributed by atoms with van der Waals surface area (Å²) in [7, 11) is 0. The summed E-state index contributed by atoms with van der Waals surface area (Å²) in [6.07, 6.45) is 3.73. The first kappa shape index (κ1) is 21.9. The third-order valence-electron chi connectivity index (χ3n) is 3.88. The van der Waals surface area contributed by atoms with Crippen LogP contribution in [0.5, 0.6) is 0 Å². The SMILES string of the molecule is C=CC1CNCCN1c1nc(SC)nc2c(F)c(Br)c(Cl)c(Br)c12.CC. The molecule has 2 heterocycles. The fraction of sp³-hybridized carbons (Fsp3) is 0.412. The summed E-state index contributed by atoms with van der Waals surface area (Å²) in [4.78, 5) is 11.1. The van der Waals surface area contributed by atoms with Crippen LogP contribution in [0.15, 0.2) is 26.8 Å². The lowest BCUT2D eigenvalue weighted by molar-refractivity contribution is 0.525. The number of fused-ring (bicyclic) bond motifs is 1. The van der Waals surface area contributed by atoms with Crippen molar-refractivity contribution in [3.8, 4) is 0 Å². The van der Waals surface area contributed by atoms with Gasteiger partial charge in [-0.15, -0.1) is 6.58 Å². The highest BCUT2D eigenvalue weighted by Gasteiger charge is 2.27. The molecule has 1 saturated heterocycles.